The number of hydrogen-bond donors (Lipinski definition) is 2. The Hall–Kier alpha value is -0.180. The van der Waals surface area contributed by atoms with Crippen molar-refractivity contribution in [2.24, 2.45) is 4.99 Å². The first-order valence-corrected chi connectivity index (χ1v) is 8.63. The summed E-state index contributed by atoms with van der Waals surface area (Å²) in [7, 11) is 3.50. The highest BCUT2D eigenvalue weighted by Crippen LogP contribution is 2.26. The Balaban J connectivity index is 0.00000400. The van der Waals surface area contributed by atoms with Crippen molar-refractivity contribution >= 4 is 47.6 Å². The van der Waals surface area contributed by atoms with Crippen molar-refractivity contribution in [3.05, 3.63) is 0 Å². The molecule has 0 bridgehead atoms. The van der Waals surface area contributed by atoms with Crippen molar-refractivity contribution in [1.82, 2.24) is 15.5 Å². The first kappa shape index (κ1) is 20.8. The molecule has 124 valence electrons. The molecule has 0 aromatic rings. The van der Waals surface area contributed by atoms with E-state index in [1.165, 1.54) is 25.7 Å². The Morgan fingerprint density at radius 3 is 2.67 bits per heavy atom. The van der Waals surface area contributed by atoms with Gasteiger partial charge >= 0.3 is 0 Å². The van der Waals surface area contributed by atoms with Crippen LogP contribution in [0.15, 0.2) is 4.99 Å². The normalized spacial score (nSPS) is 22.2. The van der Waals surface area contributed by atoms with E-state index in [1.807, 2.05) is 18.7 Å². The molecule has 2 unspecified atom stereocenters. The molecule has 2 atom stereocenters. The van der Waals surface area contributed by atoms with Gasteiger partial charge in [-0.05, 0) is 32.4 Å². The van der Waals surface area contributed by atoms with E-state index >= 15 is 0 Å². The van der Waals surface area contributed by atoms with Gasteiger partial charge in [0.1, 0.15) is 6.54 Å². The van der Waals surface area contributed by atoms with Gasteiger partial charge in [0.2, 0.25) is 5.91 Å². The topological polar surface area (TPSA) is 56.7 Å². The molecule has 5 nitrogen and oxygen atoms in total. The summed E-state index contributed by atoms with van der Waals surface area (Å²) in [6, 6.07) is 0.466. The van der Waals surface area contributed by atoms with E-state index in [4.69, 9.17) is 0 Å². The molecule has 1 saturated carbocycles. The lowest BCUT2D eigenvalue weighted by atomic mass is 9.95. The lowest BCUT2D eigenvalue weighted by molar-refractivity contribution is -0.127. The number of nitrogens with zero attached hydrogens (tertiary/aromatic N) is 2. The van der Waals surface area contributed by atoms with E-state index in [1.54, 1.807) is 19.0 Å². The van der Waals surface area contributed by atoms with E-state index in [2.05, 4.69) is 21.9 Å². The molecular formula is C14H29IN4OS. The Morgan fingerprint density at radius 2 is 2.10 bits per heavy atom. The molecule has 21 heavy (non-hydrogen) atoms. The minimum atomic E-state index is 0. The standard InChI is InChI=1S/C14H28N4OS.HI/c1-5-15-14(16-10-13(19)18(2)3)17-11-7-6-8-12(9-11)20-4;/h11-12H,5-10H2,1-4H3,(H2,15,16,17);1H. The molecule has 1 fully saturated rings. The van der Waals surface area contributed by atoms with Crippen LogP contribution < -0.4 is 10.6 Å². The minimum absolute atomic E-state index is 0. The zero-order chi connectivity index (χ0) is 15.0. The van der Waals surface area contributed by atoms with Crippen LogP contribution in [0.5, 0.6) is 0 Å². The molecule has 0 saturated heterocycles. The fourth-order valence-electron chi connectivity index (χ4n) is 2.29. The van der Waals surface area contributed by atoms with Gasteiger partial charge in [0.05, 0.1) is 0 Å². The summed E-state index contributed by atoms with van der Waals surface area (Å²) in [6.07, 6.45) is 7.11. The monoisotopic (exact) mass is 428 g/mol. The molecule has 1 rings (SSSR count). The third kappa shape index (κ3) is 8.13. The van der Waals surface area contributed by atoms with Crippen molar-refractivity contribution in [3.8, 4) is 0 Å². The number of amides is 1. The summed E-state index contributed by atoms with van der Waals surface area (Å²) in [4.78, 5) is 17.5. The van der Waals surface area contributed by atoms with Gasteiger partial charge in [-0.1, -0.05) is 6.42 Å². The number of nitrogens with one attached hydrogen (secondary N) is 2. The summed E-state index contributed by atoms with van der Waals surface area (Å²) in [6.45, 7) is 3.04. The van der Waals surface area contributed by atoms with Crippen molar-refractivity contribution in [2.45, 2.75) is 43.9 Å². The average molecular weight is 428 g/mol. The van der Waals surface area contributed by atoms with Crippen LogP contribution in [0.4, 0.5) is 0 Å². The Morgan fingerprint density at radius 1 is 1.38 bits per heavy atom. The number of rotatable bonds is 5. The zero-order valence-electron chi connectivity index (χ0n) is 13.5. The molecule has 0 aliphatic heterocycles. The number of likely N-dealkylation sites (N-methyl/N-ethyl adjacent to an activating group) is 1. The largest absolute Gasteiger partial charge is 0.357 e. The van der Waals surface area contributed by atoms with Crippen LogP contribution in [0.3, 0.4) is 0 Å². The van der Waals surface area contributed by atoms with Crippen LogP contribution in [0, 0.1) is 0 Å². The van der Waals surface area contributed by atoms with Crippen LogP contribution >= 0.6 is 35.7 Å². The number of carbonyl (C=O) groups is 1. The molecule has 2 N–H and O–H groups in total. The SMILES string of the molecule is CCNC(=NCC(=O)N(C)C)NC1CCCC(SC)C1.I. The number of guanidine groups is 1. The fraction of sp³-hybridized carbons (Fsp3) is 0.857. The second-order valence-electron chi connectivity index (χ2n) is 5.35. The third-order valence-electron chi connectivity index (χ3n) is 3.52. The molecule has 1 aliphatic rings. The first-order chi connectivity index (χ1) is 9.56. The first-order valence-electron chi connectivity index (χ1n) is 7.34. The number of hydrogen-bond acceptors (Lipinski definition) is 3. The van der Waals surface area contributed by atoms with Crippen molar-refractivity contribution in [2.75, 3.05) is 33.4 Å². The lowest BCUT2D eigenvalue weighted by Crippen LogP contribution is -2.46. The number of aliphatic imine (C=N–C) groups is 1. The molecule has 7 heteroatoms. The Labute approximate surface area is 150 Å². The van der Waals surface area contributed by atoms with Crippen LogP contribution in [0.1, 0.15) is 32.6 Å². The maximum atomic E-state index is 11.6. The van der Waals surface area contributed by atoms with Crippen LogP contribution in [-0.2, 0) is 4.79 Å². The summed E-state index contributed by atoms with van der Waals surface area (Å²) < 4.78 is 0. The molecule has 0 radical (unpaired) electrons. The summed E-state index contributed by atoms with van der Waals surface area (Å²) in [5, 5.41) is 7.43. The van der Waals surface area contributed by atoms with Crippen molar-refractivity contribution in [3.63, 3.8) is 0 Å². The van der Waals surface area contributed by atoms with E-state index in [-0.39, 0.29) is 36.4 Å². The van der Waals surface area contributed by atoms with Crippen molar-refractivity contribution < 1.29 is 4.79 Å². The predicted octanol–water partition coefficient (Wildman–Crippen LogP) is 1.92. The van der Waals surface area contributed by atoms with E-state index in [9.17, 15) is 4.79 Å². The maximum Gasteiger partial charge on any atom is 0.243 e. The summed E-state index contributed by atoms with van der Waals surface area (Å²) >= 11 is 1.95. The average Bonchev–Trinajstić information content (AvgIpc) is 2.44. The highest BCUT2D eigenvalue weighted by Gasteiger charge is 2.21. The maximum absolute atomic E-state index is 11.6. The number of carbonyl (C=O) groups excluding carboxylic acids is 1. The highest BCUT2D eigenvalue weighted by atomic mass is 127. The number of thioether (sulfide) groups is 1. The van der Waals surface area contributed by atoms with E-state index < -0.39 is 0 Å². The zero-order valence-corrected chi connectivity index (χ0v) is 16.7. The fourth-order valence-corrected chi connectivity index (χ4v) is 3.12. The smallest absolute Gasteiger partial charge is 0.243 e. The van der Waals surface area contributed by atoms with Crippen LogP contribution in [0.2, 0.25) is 0 Å². The molecule has 0 heterocycles. The molecule has 0 aromatic carbocycles. The van der Waals surface area contributed by atoms with Crippen LogP contribution in [-0.4, -0.2) is 61.5 Å². The minimum Gasteiger partial charge on any atom is -0.357 e. The Kier molecular flexibility index (Phi) is 11.3. The van der Waals surface area contributed by atoms with Gasteiger partial charge in [-0.25, -0.2) is 4.99 Å². The van der Waals surface area contributed by atoms with Crippen LogP contribution in [0.25, 0.3) is 0 Å². The second kappa shape index (κ2) is 11.4. The Bertz CT molecular complexity index is 339. The summed E-state index contributed by atoms with van der Waals surface area (Å²) in [5.41, 5.74) is 0. The third-order valence-corrected chi connectivity index (χ3v) is 4.61. The quantitative estimate of drug-likeness (QED) is 0.399. The van der Waals surface area contributed by atoms with Gasteiger partial charge in [0.25, 0.3) is 0 Å². The molecule has 0 aromatic heterocycles. The molecule has 1 amide bonds. The van der Waals surface area contributed by atoms with Crippen molar-refractivity contribution in [1.29, 1.82) is 0 Å². The highest BCUT2D eigenvalue weighted by molar-refractivity contribution is 14.0. The van der Waals surface area contributed by atoms with Gasteiger partial charge in [-0.15, -0.1) is 24.0 Å². The van der Waals surface area contributed by atoms with E-state index in [0.717, 1.165) is 17.8 Å². The molecule has 1 aliphatic carbocycles. The summed E-state index contributed by atoms with van der Waals surface area (Å²) in [5.74, 6) is 0.780. The van der Waals surface area contributed by atoms with Gasteiger partial charge in [0, 0.05) is 31.9 Å². The van der Waals surface area contributed by atoms with Gasteiger partial charge in [0.15, 0.2) is 5.96 Å². The lowest BCUT2D eigenvalue weighted by Gasteiger charge is -2.29. The number of halogens is 1. The predicted molar refractivity (Wildman–Crippen MR) is 103 cm³/mol. The van der Waals surface area contributed by atoms with E-state index in [0.29, 0.717) is 6.04 Å². The van der Waals surface area contributed by atoms with Gasteiger partial charge < -0.3 is 15.5 Å². The van der Waals surface area contributed by atoms with Gasteiger partial charge in [-0.3, -0.25) is 4.79 Å². The molecule has 0 spiro atoms. The second-order valence-corrected chi connectivity index (χ2v) is 6.49. The molecular weight excluding hydrogens is 399 g/mol. The van der Waals surface area contributed by atoms with Gasteiger partial charge in [-0.2, -0.15) is 11.8 Å².